The summed E-state index contributed by atoms with van der Waals surface area (Å²) in [6.45, 7) is 7.90. The van der Waals surface area contributed by atoms with E-state index in [9.17, 15) is 0 Å². The fraction of sp³-hybridized carbons (Fsp3) is 0.786. The lowest BCUT2D eigenvalue weighted by molar-refractivity contribution is 0.372. The van der Waals surface area contributed by atoms with Crippen molar-refractivity contribution in [3.63, 3.8) is 0 Å². The van der Waals surface area contributed by atoms with E-state index in [-0.39, 0.29) is 24.0 Å². The molecular weight excluding hydrogens is 381 g/mol. The van der Waals surface area contributed by atoms with Gasteiger partial charge in [-0.2, -0.15) is 4.98 Å². The highest BCUT2D eigenvalue weighted by atomic mass is 127. The molecule has 0 amide bonds. The van der Waals surface area contributed by atoms with Gasteiger partial charge in [-0.3, -0.25) is 4.99 Å². The Labute approximate surface area is 143 Å². The van der Waals surface area contributed by atoms with E-state index in [2.05, 4.69) is 39.6 Å². The number of rotatable bonds is 7. The van der Waals surface area contributed by atoms with Gasteiger partial charge < -0.3 is 15.2 Å². The number of nitrogens with one attached hydrogen (secondary N) is 2. The number of hydrogen-bond donors (Lipinski definition) is 2. The number of hydrogen-bond acceptors (Lipinski definition) is 4. The zero-order chi connectivity index (χ0) is 14.4. The van der Waals surface area contributed by atoms with Gasteiger partial charge in [0.05, 0.1) is 0 Å². The molecule has 1 fully saturated rings. The van der Waals surface area contributed by atoms with Gasteiger partial charge in [0.25, 0.3) is 0 Å². The van der Waals surface area contributed by atoms with Crippen LogP contribution in [0.5, 0.6) is 0 Å². The van der Waals surface area contributed by atoms with Crippen molar-refractivity contribution in [3.8, 4) is 0 Å². The molecule has 7 heteroatoms. The molecular formula is C14H26IN5O. The van der Waals surface area contributed by atoms with Crippen LogP contribution >= 0.6 is 24.0 Å². The van der Waals surface area contributed by atoms with Crippen LogP contribution in [0.25, 0.3) is 0 Å². The number of guanidine groups is 1. The van der Waals surface area contributed by atoms with Crippen LogP contribution in [0, 0.1) is 12.8 Å². The summed E-state index contributed by atoms with van der Waals surface area (Å²) in [6, 6.07) is 0.618. The van der Waals surface area contributed by atoms with Crippen LogP contribution in [0.1, 0.15) is 44.8 Å². The molecule has 0 saturated heterocycles. The van der Waals surface area contributed by atoms with Crippen molar-refractivity contribution in [2.24, 2.45) is 10.9 Å². The summed E-state index contributed by atoms with van der Waals surface area (Å²) in [5.74, 6) is 2.92. The van der Waals surface area contributed by atoms with E-state index in [1.54, 1.807) is 0 Å². The average molecular weight is 407 g/mol. The molecule has 1 saturated carbocycles. The predicted octanol–water partition coefficient (Wildman–Crippen LogP) is 2.28. The van der Waals surface area contributed by atoms with Gasteiger partial charge in [-0.1, -0.05) is 19.0 Å². The largest absolute Gasteiger partial charge is 0.356 e. The Balaban J connectivity index is 0.00000220. The smallest absolute Gasteiger partial charge is 0.226 e. The van der Waals surface area contributed by atoms with Crippen LogP contribution in [0.4, 0.5) is 0 Å². The molecule has 120 valence electrons. The average Bonchev–Trinajstić information content (AvgIpc) is 3.12. The maximum atomic E-state index is 5.09. The molecule has 0 radical (unpaired) electrons. The first-order chi connectivity index (χ1) is 9.63. The molecule has 1 aliphatic carbocycles. The Morgan fingerprint density at radius 3 is 2.76 bits per heavy atom. The normalized spacial score (nSPS) is 15.0. The Hall–Kier alpha value is -0.860. The molecule has 1 aliphatic rings. The third-order valence-electron chi connectivity index (χ3n) is 2.96. The molecule has 1 aromatic heterocycles. The maximum Gasteiger partial charge on any atom is 0.226 e. The van der Waals surface area contributed by atoms with Crippen molar-refractivity contribution in [1.29, 1.82) is 0 Å². The quantitative estimate of drug-likeness (QED) is 0.314. The summed E-state index contributed by atoms with van der Waals surface area (Å²) in [7, 11) is 0. The van der Waals surface area contributed by atoms with E-state index in [4.69, 9.17) is 4.52 Å². The van der Waals surface area contributed by atoms with E-state index >= 15 is 0 Å². The first-order valence-corrected chi connectivity index (χ1v) is 7.47. The second-order valence-corrected chi connectivity index (χ2v) is 5.77. The number of aliphatic imine (C=N–C) groups is 1. The SMILES string of the molecule is Cc1noc(CCCNC(=NCC(C)C)NC2CC2)n1.I. The fourth-order valence-corrected chi connectivity index (χ4v) is 1.74. The van der Waals surface area contributed by atoms with Gasteiger partial charge in [0, 0.05) is 25.6 Å². The van der Waals surface area contributed by atoms with Crippen LogP contribution in [0.15, 0.2) is 9.52 Å². The van der Waals surface area contributed by atoms with Crippen molar-refractivity contribution in [2.45, 2.75) is 52.5 Å². The predicted molar refractivity (Wildman–Crippen MR) is 94.1 cm³/mol. The molecule has 0 aromatic carbocycles. The molecule has 21 heavy (non-hydrogen) atoms. The van der Waals surface area contributed by atoms with Crippen molar-refractivity contribution < 1.29 is 4.52 Å². The molecule has 2 N–H and O–H groups in total. The Morgan fingerprint density at radius 1 is 1.43 bits per heavy atom. The zero-order valence-corrected chi connectivity index (χ0v) is 15.4. The van der Waals surface area contributed by atoms with Crippen molar-refractivity contribution in [3.05, 3.63) is 11.7 Å². The summed E-state index contributed by atoms with van der Waals surface area (Å²) in [6.07, 6.45) is 4.26. The van der Waals surface area contributed by atoms with Crippen molar-refractivity contribution in [2.75, 3.05) is 13.1 Å². The minimum atomic E-state index is 0. The summed E-state index contributed by atoms with van der Waals surface area (Å²) in [5, 5.41) is 10.6. The van der Waals surface area contributed by atoms with Crippen LogP contribution in [0.3, 0.4) is 0 Å². The van der Waals surface area contributed by atoms with E-state index in [1.165, 1.54) is 12.8 Å². The minimum absolute atomic E-state index is 0. The minimum Gasteiger partial charge on any atom is -0.356 e. The zero-order valence-electron chi connectivity index (χ0n) is 13.1. The molecule has 1 heterocycles. The summed E-state index contributed by atoms with van der Waals surface area (Å²) in [4.78, 5) is 8.79. The lowest BCUT2D eigenvalue weighted by Crippen LogP contribution is -2.39. The van der Waals surface area contributed by atoms with Gasteiger partial charge in [-0.05, 0) is 32.1 Å². The van der Waals surface area contributed by atoms with Crippen LogP contribution in [0.2, 0.25) is 0 Å². The number of aromatic nitrogens is 2. The van der Waals surface area contributed by atoms with E-state index in [0.717, 1.165) is 31.9 Å². The van der Waals surface area contributed by atoms with Gasteiger partial charge in [0.15, 0.2) is 11.8 Å². The highest BCUT2D eigenvalue weighted by Gasteiger charge is 2.22. The summed E-state index contributed by atoms with van der Waals surface area (Å²) in [5.41, 5.74) is 0. The number of nitrogens with zero attached hydrogens (tertiary/aromatic N) is 3. The molecule has 0 bridgehead atoms. The van der Waals surface area contributed by atoms with Gasteiger partial charge in [0.1, 0.15) is 0 Å². The highest BCUT2D eigenvalue weighted by molar-refractivity contribution is 14.0. The standard InChI is InChI=1S/C14H25N5O.HI/c1-10(2)9-16-14(18-12-6-7-12)15-8-4-5-13-17-11(3)19-20-13;/h10,12H,4-9H2,1-3H3,(H2,15,16,18);1H. The molecule has 6 nitrogen and oxygen atoms in total. The third-order valence-corrected chi connectivity index (χ3v) is 2.96. The van der Waals surface area contributed by atoms with E-state index in [0.29, 0.717) is 23.7 Å². The Kier molecular flexibility index (Phi) is 7.98. The van der Waals surface area contributed by atoms with Crippen LogP contribution < -0.4 is 10.6 Å². The summed E-state index contributed by atoms with van der Waals surface area (Å²) < 4.78 is 5.09. The molecule has 0 unspecified atom stereocenters. The van der Waals surface area contributed by atoms with Gasteiger partial charge in [-0.15, -0.1) is 24.0 Å². The fourth-order valence-electron chi connectivity index (χ4n) is 1.74. The lowest BCUT2D eigenvalue weighted by atomic mass is 10.2. The van der Waals surface area contributed by atoms with Gasteiger partial charge >= 0.3 is 0 Å². The van der Waals surface area contributed by atoms with E-state index < -0.39 is 0 Å². The lowest BCUT2D eigenvalue weighted by Gasteiger charge is -2.12. The Morgan fingerprint density at radius 2 is 2.19 bits per heavy atom. The van der Waals surface area contributed by atoms with Gasteiger partial charge in [0.2, 0.25) is 5.89 Å². The maximum absolute atomic E-state index is 5.09. The number of aryl methyl sites for hydroxylation is 2. The van der Waals surface area contributed by atoms with E-state index in [1.807, 2.05) is 6.92 Å². The molecule has 1 aromatic rings. The van der Waals surface area contributed by atoms with Crippen LogP contribution in [-0.4, -0.2) is 35.2 Å². The van der Waals surface area contributed by atoms with Crippen molar-refractivity contribution >= 4 is 29.9 Å². The molecule has 0 aliphatic heterocycles. The first-order valence-electron chi connectivity index (χ1n) is 7.47. The second kappa shape index (κ2) is 9.22. The molecule has 2 rings (SSSR count). The molecule has 0 spiro atoms. The Bertz CT molecular complexity index is 442. The highest BCUT2D eigenvalue weighted by Crippen LogP contribution is 2.18. The second-order valence-electron chi connectivity index (χ2n) is 5.77. The first kappa shape index (κ1) is 18.2. The van der Waals surface area contributed by atoms with Crippen LogP contribution in [-0.2, 0) is 6.42 Å². The number of halogens is 1. The van der Waals surface area contributed by atoms with Gasteiger partial charge in [-0.25, -0.2) is 0 Å². The third kappa shape index (κ3) is 7.63. The summed E-state index contributed by atoms with van der Waals surface area (Å²) >= 11 is 0. The monoisotopic (exact) mass is 407 g/mol. The van der Waals surface area contributed by atoms with Crippen molar-refractivity contribution in [1.82, 2.24) is 20.8 Å². The topological polar surface area (TPSA) is 75.3 Å². The molecule has 0 atom stereocenters.